The lowest BCUT2D eigenvalue weighted by Gasteiger charge is -2.30. The molecule has 0 saturated heterocycles. The van der Waals surface area contributed by atoms with Crippen molar-refractivity contribution in [1.82, 2.24) is 10.2 Å². The molecule has 0 aromatic carbocycles. The molecule has 4 heteroatoms. The number of likely N-dealkylation sites (N-methyl/N-ethyl adjacent to an activating group) is 1. The second-order valence-corrected chi connectivity index (χ2v) is 5.05. The molecule has 0 aliphatic carbocycles. The molecule has 0 radical (unpaired) electrons. The summed E-state index contributed by atoms with van der Waals surface area (Å²) < 4.78 is 10.3. The Morgan fingerprint density at radius 1 is 1.06 bits per heavy atom. The zero-order chi connectivity index (χ0) is 13.8. The summed E-state index contributed by atoms with van der Waals surface area (Å²) in [6.07, 6.45) is 1.08. The number of methoxy groups -OCH3 is 2. The van der Waals surface area contributed by atoms with Crippen molar-refractivity contribution in [2.45, 2.75) is 33.2 Å². The molecule has 0 rings (SSSR count). The maximum atomic E-state index is 5.19. The number of nitrogens with one attached hydrogen (secondary N) is 1. The SMILES string of the molecule is CCNC(CN(CCCOC)CCOC)C(C)C. The molecule has 0 spiro atoms. The van der Waals surface area contributed by atoms with Crippen molar-refractivity contribution < 1.29 is 9.47 Å². The van der Waals surface area contributed by atoms with E-state index in [4.69, 9.17) is 9.47 Å². The van der Waals surface area contributed by atoms with Crippen LogP contribution in [-0.2, 0) is 9.47 Å². The number of hydrogen-bond donors (Lipinski definition) is 1. The number of nitrogens with zero attached hydrogens (tertiary/aromatic N) is 1. The molecule has 1 unspecified atom stereocenters. The van der Waals surface area contributed by atoms with Crippen LogP contribution in [0.15, 0.2) is 0 Å². The van der Waals surface area contributed by atoms with Crippen LogP contribution in [0.5, 0.6) is 0 Å². The molecule has 18 heavy (non-hydrogen) atoms. The predicted octanol–water partition coefficient (Wildman–Crippen LogP) is 1.61. The van der Waals surface area contributed by atoms with Gasteiger partial charge in [0.15, 0.2) is 0 Å². The summed E-state index contributed by atoms with van der Waals surface area (Å²) in [5, 5.41) is 3.57. The van der Waals surface area contributed by atoms with Crippen LogP contribution in [0.1, 0.15) is 27.2 Å². The molecule has 110 valence electrons. The van der Waals surface area contributed by atoms with E-state index in [1.165, 1.54) is 0 Å². The normalized spacial score (nSPS) is 13.5. The van der Waals surface area contributed by atoms with Crippen LogP contribution in [0.2, 0.25) is 0 Å². The Morgan fingerprint density at radius 3 is 2.22 bits per heavy atom. The lowest BCUT2D eigenvalue weighted by Crippen LogP contribution is -2.45. The van der Waals surface area contributed by atoms with Crippen LogP contribution in [0.25, 0.3) is 0 Å². The molecular formula is C14H32N2O2. The van der Waals surface area contributed by atoms with Crippen molar-refractivity contribution in [2.24, 2.45) is 5.92 Å². The zero-order valence-corrected chi connectivity index (χ0v) is 12.9. The van der Waals surface area contributed by atoms with E-state index in [1.807, 2.05) is 0 Å². The fourth-order valence-electron chi connectivity index (χ4n) is 2.00. The van der Waals surface area contributed by atoms with Crippen LogP contribution in [0.3, 0.4) is 0 Å². The van der Waals surface area contributed by atoms with Gasteiger partial charge in [-0.3, -0.25) is 4.90 Å². The maximum Gasteiger partial charge on any atom is 0.0589 e. The van der Waals surface area contributed by atoms with Gasteiger partial charge in [0, 0.05) is 46.5 Å². The predicted molar refractivity (Wildman–Crippen MR) is 77.1 cm³/mol. The summed E-state index contributed by atoms with van der Waals surface area (Å²) in [6.45, 7) is 12.5. The monoisotopic (exact) mass is 260 g/mol. The number of hydrogen-bond acceptors (Lipinski definition) is 4. The molecule has 0 saturated carbocycles. The summed E-state index contributed by atoms with van der Waals surface area (Å²) in [6, 6.07) is 0.550. The topological polar surface area (TPSA) is 33.7 Å². The van der Waals surface area contributed by atoms with Crippen molar-refractivity contribution in [3.05, 3.63) is 0 Å². The molecule has 0 aliphatic heterocycles. The Hall–Kier alpha value is -0.160. The number of rotatable bonds is 12. The smallest absolute Gasteiger partial charge is 0.0589 e. The van der Waals surface area contributed by atoms with E-state index >= 15 is 0 Å². The fraction of sp³-hybridized carbons (Fsp3) is 1.00. The van der Waals surface area contributed by atoms with Gasteiger partial charge >= 0.3 is 0 Å². The van der Waals surface area contributed by atoms with E-state index in [-0.39, 0.29) is 0 Å². The van der Waals surface area contributed by atoms with Gasteiger partial charge in [0.05, 0.1) is 6.61 Å². The summed E-state index contributed by atoms with van der Waals surface area (Å²) >= 11 is 0. The van der Waals surface area contributed by atoms with Crippen molar-refractivity contribution in [3.8, 4) is 0 Å². The van der Waals surface area contributed by atoms with Gasteiger partial charge in [-0.1, -0.05) is 20.8 Å². The summed E-state index contributed by atoms with van der Waals surface area (Å²) in [7, 11) is 3.52. The van der Waals surface area contributed by atoms with Crippen LogP contribution in [0, 0.1) is 5.92 Å². The highest BCUT2D eigenvalue weighted by molar-refractivity contribution is 4.75. The average Bonchev–Trinajstić information content (AvgIpc) is 2.34. The average molecular weight is 260 g/mol. The first-order valence-electron chi connectivity index (χ1n) is 7.09. The summed E-state index contributed by atoms with van der Waals surface area (Å²) in [4.78, 5) is 2.47. The lowest BCUT2D eigenvalue weighted by atomic mass is 10.0. The highest BCUT2D eigenvalue weighted by Crippen LogP contribution is 2.05. The van der Waals surface area contributed by atoms with Crippen LogP contribution in [-0.4, -0.2) is 64.6 Å². The van der Waals surface area contributed by atoms with Gasteiger partial charge in [0.1, 0.15) is 0 Å². The first-order chi connectivity index (χ1) is 8.65. The lowest BCUT2D eigenvalue weighted by molar-refractivity contribution is 0.121. The van der Waals surface area contributed by atoms with Crippen molar-refractivity contribution in [3.63, 3.8) is 0 Å². The van der Waals surface area contributed by atoms with Crippen LogP contribution >= 0.6 is 0 Å². The third kappa shape index (κ3) is 8.86. The van der Waals surface area contributed by atoms with E-state index in [9.17, 15) is 0 Å². The van der Waals surface area contributed by atoms with Gasteiger partial charge in [-0.2, -0.15) is 0 Å². The van der Waals surface area contributed by atoms with E-state index in [0.29, 0.717) is 12.0 Å². The molecule has 4 nitrogen and oxygen atoms in total. The Balaban J connectivity index is 4.15. The molecule has 0 aliphatic rings. The Bertz CT molecular complexity index is 177. The molecule has 0 amide bonds. The van der Waals surface area contributed by atoms with Crippen LogP contribution in [0.4, 0.5) is 0 Å². The van der Waals surface area contributed by atoms with Gasteiger partial charge in [-0.05, 0) is 18.9 Å². The molecule has 0 aromatic rings. The van der Waals surface area contributed by atoms with E-state index in [1.54, 1.807) is 14.2 Å². The minimum absolute atomic E-state index is 0.550. The molecule has 1 atom stereocenters. The second kappa shape index (κ2) is 11.9. The van der Waals surface area contributed by atoms with Gasteiger partial charge in [0.25, 0.3) is 0 Å². The second-order valence-electron chi connectivity index (χ2n) is 5.05. The van der Waals surface area contributed by atoms with Crippen molar-refractivity contribution in [2.75, 3.05) is 53.6 Å². The maximum absolute atomic E-state index is 5.19. The highest BCUT2D eigenvalue weighted by atomic mass is 16.5. The molecule has 0 bridgehead atoms. The summed E-state index contributed by atoms with van der Waals surface area (Å²) in [5.41, 5.74) is 0. The van der Waals surface area contributed by atoms with Crippen molar-refractivity contribution in [1.29, 1.82) is 0 Å². The van der Waals surface area contributed by atoms with Crippen LogP contribution < -0.4 is 5.32 Å². The molecule has 1 N–H and O–H groups in total. The number of ether oxygens (including phenoxy) is 2. The first-order valence-corrected chi connectivity index (χ1v) is 7.09. The molecule has 0 fully saturated rings. The standard InChI is InChI=1S/C14H32N2O2/c1-6-15-14(13(2)3)12-16(9-11-18-5)8-7-10-17-4/h13-15H,6-12H2,1-5H3. The minimum atomic E-state index is 0.550. The molecular weight excluding hydrogens is 228 g/mol. The first kappa shape index (κ1) is 17.8. The Labute approximate surface area is 113 Å². The Morgan fingerprint density at radius 2 is 1.72 bits per heavy atom. The molecule has 0 heterocycles. The van der Waals surface area contributed by atoms with Gasteiger partial charge in [-0.25, -0.2) is 0 Å². The largest absolute Gasteiger partial charge is 0.385 e. The summed E-state index contributed by atoms with van der Waals surface area (Å²) in [5.74, 6) is 0.650. The zero-order valence-electron chi connectivity index (χ0n) is 12.9. The van der Waals surface area contributed by atoms with E-state index < -0.39 is 0 Å². The quantitative estimate of drug-likeness (QED) is 0.541. The highest BCUT2D eigenvalue weighted by Gasteiger charge is 2.16. The third-order valence-electron chi connectivity index (χ3n) is 3.16. The van der Waals surface area contributed by atoms with Gasteiger partial charge < -0.3 is 14.8 Å². The molecule has 0 aromatic heterocycles. The third-order valence-corrected chi connectivity index (χ3v) is 3.16. The fourth-order valence-corrected chi connectivity index (χ4v) is 2.00. The van der Waals surface area contributed by atoms with Crippen molar-refractivity contribution >= 4 is 0 Å². The van der Waals surface area contributed by atoms with Gasteiger partial charge in [-0.15, -0.1) is 0 Å². The Kier molecular flexibility index (Phi) is 11.8. The van der Waals surface area contributed by atoms with Gasteiger partial charge in [0.2, 0.25) is 0 Å². The van der Waals surface area contributed by atoms with E-state index in [2.05, 4.69) is 31.0 Å². The van der Waals surface area contributed by atoms with E-state index in [0.717, 1.165) is 45.8 Å². The minimum Gasteiger partial charge on any atom is -0.385 e.